The Balaban J connectivity index is 4.07. The molecule has 0 aliphatic heterocycles. The third-order valence-electron chi connectivity index (χ3n) is 1.98. The van der Waals surface area contributed by atoms with E-state index in [0.717, 1.165) is 6.42 Å². The van der Waals surface area contributed by atoms with Crippen LogP contribution >= 0.6 is 12.0 Å². The molecule has 0 saturated carbocycles. The SMILES string of the molecule is CSOC(C)(C)CC(C)(C)CCF. The van der Waals surface area contributed by atoms with Crippen molar-refractivity contribution in [3.05, 3.63) is 0 Å². The van der Waals surface area contributed by atoms with Crippen LogP contribution in [0.4, 0.5) is 4.39 Å². The smallest absolute Gasteiger partial charge is 0.0899 e. The molecule has 0 N–H and O–H groups in total. The minimum atomic E-state index is -0.248. The van der Waals surface area contributed by atoms with Crippen LogP contribution < -0.4 is 0 Å². The molecule has 1 nitrogen and oxygen atoms in total. The molecule has 0 aromatic rings. The van der Waals surface area contributed by atoms with Crippen LogP contribution in [-0.2, 0) is 4.18 Å². The van der Waals surface area contributed by atoms with Crippen LogP contribution in [0.2, 0.25) is 0 Å². The van der Waals surface area contributed by atoms with Crippen molar-refractivity contribution in [3.8, 4) is 0 Å². The van der Waals surface area contributed by atoms with Crippen molar-refractivity contribution in [2.75, 3.05) is 12.9 Å². The quantitative estimate of drug-likeness (QED) is 0.613. The van der Waals surface area contributed by atoms with Gasteiger partial charge in [0.15, 0.2) is 0 Å². The molecule has 0 spiro atoms. The average molecular weight is 208 g/mol. The van der Waals surface area contributed by atoms with Crippen LogP contribution in [0.5, 0.6) is 0 Å². The van der Waals surface area contributed by atoms with Gasteiger partial charge < -0.3 is 4.18 Å². The lowest BCUT2D eigenvalue weighted by Crippen LogP contribution is -2.30. The van der Waals surface area contributed by atoms with Crippen LogP contribution in [0, 0.1) is 5.41 Å². The molecule has 0 atom stereocenters. The van der Waals surface area contributed by atoms with Crippen molar-refractivity contribution in [1.29, 1.82) is 0 Å². The molecule has 0 fully saturated rings. The van der Waals surface area contributed by atoms with Gasteiger partial charge in [-0.05, 0) is 44.1 Å². The fourth-order valence-electron chi connectivity index (χ4n) is 1.75. The fourth-order valence-corrected chi connectivity index (χ4v) is 2.26. The molecule has 0 aliphatic rings. The highest BCUT2D eigenvalue weighted by Gasteiger charge is 2.29. The van der Waals surface area contributed by atoms with Gasteiger partial charge in [-0.1, -0.05) is 13.8 Å². The van der Waals surface area contributed by atoms with E-state index in [9.17, 15) is 4.39 Å². The first kappa shape index (κ1) is 13.2. The van der Waals surface area contributed by atoms with Crippen LogP contribution in [0.1, 0.15) is 40.5 Å². The molecule has 0 saturated heterocycles. The first-order valence-electron chi connectivity index (χ1n) is 4.61. The molecule has 80 valence electrons. The maximum Gasteiger partial charge on any atom is 0.0899 e. The van der Waals surface area contributed by atoms with Crippen LogP contribution in [0.25, 0.3) is 0 Å². The Morgan fingerprint density at radius 3 is 2.15 bits per heavy atom. The van der Waals surface area contributed by atoms with Gasteiger partial charge in [0, 0.05) is 6.26 Å². The van der Waals surface area contributed by atoms with E-state index in [1.807, 2.05) is 20.1 Å². The topological polar surface area (TPSA) is 9.23 Å². The molecule has 0 aromatic carbocycles. The fraction of sp³-hybridized carbons (Fsp3) is 1.00. The summed E-state index contributed by atoms with van der Waals surface area (Å²) < 4.78 is 17.7. The monoisotopic (exact) mass is 208 g/mol. The maximum atomic E-state index is 12.2. The summed E-state index contributed by atoms with van der Waals surface area (Å²) in [5.74, 6) is 0. The molecular formula is C10H21FOS. The summed E-state index contributed by atoms with van der Waals surface area (Å²) in [6.07, 6.45) is 3.39. The van der Waals surface area contributed by atoms with E-state index in [1.165, 1.54) is 12.0 Å². The minimum Gasteiger partial charge on any atom is -0.310 e. The molecule has 0 amide bonds. The summed E-state index contributed by atoms with van der Waals surface area (Å²) in [6.45, 7) is 8.01. The van der Waals surface area contributed by atoms with Crippen LogP contribution in [0.15, 0.2) is 0 Å². The third-order valence-corrected chi connectivity index (χ3v) is 2.60. The van der Waals surface area contributed by atoms with Crippen LogP contribution in [0.3, 0.4) is 0 Å². The molecule has 13 heavy (non-hydrogen) atoms. The Morgan fingerprint density at radius 1 is 1.23 bits per heavy atom. The Labute approximate surface area is 85.6 Å². The molecule has 0 unspecified atom stereocenters. The second-order valence-electron chi connectivity index (χ2n) is 4.79. The van der Waals surface area contributed by atoms with E-state index in [0.29, 0.717) is 6.42 Å². The second kappa shape index (κ2) is 5.20. The Morgan fingerprint density at radius 2 is 1.77 bits per heavy atom. The standard InChI is InChI=1S/C10H21FOS/c1-9(2,6-7-11)8-10(3,4)12-13-5/h6-8H2,1-5H3. The second-order valence-corrected chi connectivity index (χ2v) is 5.29. The summed E-state index contributed by atoms with van der Waals surface area (Å²) in [5.41, 5.74) is -0.147. The van der Waals surface area contributed by atoms with Gasteiger partial charge in [-0.2, -0.15) is 0 Å². The molecule has 0 bridgehead atoms. The average Bonchev–Trinajstić information content (AvgIpc) is 1.82. The number of rotatable bonds is 6. The highest BCUT2D eigenvalue weighted by Crippen LogP contribution is 2.34. The van der Waals surface area contributed by atoms with Crippen molar-refractivity contribution < 1.29 is 8.57 Å². The van der Waals surface area contributed by atoms with Gasteiger partial charge in [0.2, 0.25) is 0 Å². The number of alkyl halides is 1. The van der Waals surface area contributed by atoms with E-state index in [2.05, 4.69) is 13.8 Å². The Bertz CT molecular complexity index is 130. The molecule has 3 heteroatoms. The third kappa shape index (κ3) is 6.33. The normalized spacial score (nSPS) is 13.4. The molecule has 0 rings (SSSR count). The zero-order valence-corrected chi connectivity index (χ0v) is 10.1. The predicted octanol–water partition coefficient (Wildman–Crippen LogP) is 3.84. The van der Waals surface area contributed by atoms with Crippen molar-refractivity contribution in [1.82, 2.24) is 0 Å². The summed E-state index contributed by atoms with van der Waals surface area (Å²) >= 11 is 1.37. The molecular weight excluding hydrogens is 187 g/mol. The van der Waals surface area contributed by atoms with E-state index in [-0.39, 0.29) is 17.7 Å². The van der Waals surface area contributed by atoms with Crippen molar-refractivity contribution in [2.24, 2.45) is 5.41 Å². The molecule has 0 aromatic heterocycles. The van der Waals surface area contributed by atoms with Gasteiger partial charge in [-0.15, -0.1) is 0 Å². The highest BCUT2D eigenvalue weighted by atomic mass is 32.2. The van der Waals surface area contributed by atoms with E-state index in [4.69, 9.17) is 4.18 Å². The lowest BCUT2D eigenvalue weighted by atomic mass is 9.80. The lowest BCUT2D eigenvalue weighted by molar-refractivity contribution is 0.0716. The number of halogens is 1. The molecule has 0 heterocycles. The zero-order valence-electron chi connectivity index (χ0n) is 9.32. The van der Waals surface area contributed by atoms with Crippen molar-refractivity contribution >= 4 is 12.0 Å². The van der Waals surface area contributed by atoms with Gasteiger partial charge in [0.05, 0.1) is 12.3 Å². The highest BCUT2D eigenvalue weighted by molar-refractivity contribution is 7.93. The largest absolute Gasteiger partial charge is 0.310 e. The van der Waals surface area contributed by atoms with E-state index >= 15 is 0 Å². The van der Waals surface area contributed by atoms with Crippen molar-refractivity contribution in [3.63, 3.8) is 0 Å². The Kier molecular flexibility index (Phi) is 5.30. The van der Waals surface area contributed by atoms with Crippen LogP contribution in [-0.4, -0.2) is 18.5 Å². The van der Waals surface area contributed by atoms with Gasteiger partial charge in [0.25, 0.3) is 0 Å². The summed E-state index contributed by atoms with van der Waals surface area (Å²) in [4.78, 5) is 0. The minimum absolute atomic E-state index is 0.0218. The van der Waals surface area contributed by atoms with Gasteiger partial charge in [-0.3, -0.25) is 4.39 Å². The van der Waals surface area contributed by atoms with Gasteiger partial charge >= 0.3 is 0 Å². The number of hydrogen-bond acceptors (Lipinski definition) is 2. The zero-order chi connectivity index (χ0) is 10.5. The predicted molar refractivity (Wildman–Crippen MR) is 57.7 cm³/mol. The van der Waals surface area contributed by atoms with E-state index in [1.54, 1.807) is 0 Å². The first-order chi connectivity index (χ1) is 5.83. The van der Waals surface area contributed by atoms with E-state index < -0.39 is 0 Å². The summed E-state index contributed by atoms with van der Waals surface area (Å²) in [6, 6.07) is 0. The van der Waals surface area contributed by atoms with Gasteiger partial charge in [0.1, 0.15) is 0 Å². The van der Waals surface area contributed by atoms with Crippen molar-refractivity contribution in [2.45, 2.75) is 46.1 Å². The lowest BCUT2D eigenvalue weighted by Gasteiger charge is -2.33. The molecule has 0 aliphatic carbocycles. The molecule has 0 radical (unpaired) electrons. The Hall–Kier alpha value is 0.240. The maximum absolute atomic E-state index is 12.2. The summed E-state index contributed by atoms with van der Waals surface area (Å²) in [5, 5.41) is 0. The summed E-state index contributed by atoms with van der Waals surface area (Å²) in [7, 11) is 0. The number of hydrogen-bond donors (Lipinski definition) is 0. The first-order valence-corrected chi connectivity index (χ1v) is 5.76. The van der Waals surface area contributed by atoms with Gasteiger partial charge in [-0.25, -0.2) is 0 Å².